The summed E-state index contributed by atoms with van der Waals surface area (Å²) < 4.78 is 1.34. The van der Waals surface area contributed by atoms with Crippen LogP contribution < -0.4 is 10.6 Å². The molecule has 1 aromatic heterocycles. The number of hydrogen-bond donors (Lipinski definition) is 2. The van der Waals surface area contributed by atoms with Crippen LogP contribution in [0.2, 0.25) is 0 Å². The van der Waals surface area contributed by atoms with Crippen molar-refractivity contribution in [2.45, 2.75) is 38.3 Å². The lowest BCUT2D eigenvalue weighted by molar-refractivity contribution is -0.121. The zero-order valence-corrected chi connectivity index (χ0v) is 12.3. The van der Waals surface area contributed by atoms with Crippen molar-refractivity contribution in [3.8, 4) is 0 Å². The minimum absolute atomic E-state index is 0.204. The largest absolute Gasteiger partial charge is 0.353 e. The monoisotopic (exact) mass is 288 g/mol. The fraction of sp³-hybridized carbons (Fsp3) is 0.438. The Morgan fingerprint density at radius 1 is 1.30 bits per heavy atom. The highest BCUT2D eigenvalue weighted by Crippen LogP contribution is 2.25. The van der Waals surface area contributed by atoms with Crippen LogP contribution in [0, 0.1) is 0 Å². The third kappa shape index (κ3) is 3.58. The van der Waals surface area contributed by atoms with Crippen molar-refractivity contribution in [1.82, 2.24) is 10.6 Å². The van der Waals surface area contributed by atoms with Gasteiger partial charge in [0.05, 0.1) is 0 Å². The van der Waals surface area contributed by atoms with Gasteiger partial charge in [0.1, 0.15) is 0 Å². The molecule has 3 rings (SSSR count). The minimum Gasteiger partial charge on any atom is -0.353 e. The normalized spacial score (nSPS) is 14.6. The van der Waals surface area contributed by atoms with Crippen LogP contribution in [0.1, 0.15) is 31.2 Å². The van der Waals surface area contributed by atoms with E-state index in [1.165, 1.54) is 15.6 Å². The number of carbonyl (C=O) groups is 1. The molecule has 0 spiro atoms. The van der Waals surface area contributed by atoms with Gasteiger partial charge >= 0.3 is 0 Å². The zero-order valence-electron chi connectivity index (χ0n) is 11.5. The van der Waals surface area contributed by atoms with Gasteiger partial charge < -0.3 is 10.6 Å². The van der Waals surface area contributed by atoms with E-state index in [0.717, 1.165) is 32.4 Å². The number of fused-ring (bicyclic) bond motifs is 1. The summed E-state index contributed by atoms with van der Waals surface area (Å²) in [5.74, 6) is 0.204. The molecule has 1 fully saturated rings. The van der Waals surface area contributed by atoms with Crippen molar-refractivity contribution in [2.75, 3.05) is 6.54 Å². The Balaban J connectivity index is 1.38. The fourth-order valence-electron chi connectivity index (χ4n) is 2.29. The molecule has 106 valence electrons. The van der Waals surface area contributed by atoms with Crippen molar-refractivity contribution < 1.29 is 4.79 Å². The van der Waals surface area contributed by atoms with Gasteiger partial charge in [-0.15, -0.1) is 11.3 Å². The molecule has 0 saturated heterocycles. The summed E-state index contributed by atoms with van der Waals surface area (Å²) in [4.78, 5) is 11.5. The van der Waals surface area contributed by atoms with Crippen LogP contribution in [0.3, 0.4) is 0 Å². The van der Waals surface area contributed by atoms with Gasteiger partial charge in [0.25, 0.3) is 0 Å². The Morgan fingerprint density at radius 2 is 2.15 bits per heavy atom. The van der Waals surface area contributed by atoms with E-state index < -0.39 is 0 Å². The van der Waals surface area contributed by atoms with Crippen LogP contribution in [-0.4, -0.2) is 18.5 Å². The van der Waals surface area contributed by atoms with Crippen LogP contribution in [0.15, 0.2) is 29.6 Å². The van der Waals surface area contributed by atoms with Gasteiger partial charge in [-0.25, -0.2) is 0 Å². The molecule has 0 aliphatic heterocycles. The number of amides is 1. The molecule has 3 nitrogen and oxygen atoms in total. The lowest BCUT2D eigenvalue weighted by Crippen LogP contribution is -2.26. The van der Waals surface area contributed by atoms with E-state index in [9.17, 15) is 4.79 Å². The molecule has 0 unspecified atom stereocenters. The maximum Gasteiger partial charge on any atom is 0.220 e. The first-order valence-corrected chi connectivity index (χ1v) is 8.16. The summed E-state index contributed by atoms with van der Waals surface area (Å²) in [5, 5.41) is 10.0. The van der Waals surface area contributed by atoms with Crippen molar-refractivity contribution >= 4 is 27.3 Å². The summed E-state index contributed by atoms with van der Waals surface area (Å²) in [5.41, 5.74) is 1.35. The Morgan fingerprint density at radius 3 is 3.00 bits per heavy atom. The Bertz CT molecular complexity index is 589. The van der Waals surface area contributed by atoms with Crippen LogP contribution in [0.4, 0.5) is 0 Å². The molecule has 0 bridgehead atoms. The predicted octanol–water partition coefficient (Wildman–Crippen LogP) is 3.05. The number of hydrogen-bond acceptors (Lipinski definition) is 3. The molecular formula is C16H20N2OS. The summed E-state index contributed by atoms with van der Waals surface area (Å²) in [6.07, 6.45) is 3.86. The third-order valence-corrected chi connectivity index (χ3v) is 4.59. The van der Waals surface area contributed by atoms with E-state index in [1.807, 2.05) is 0 Å². The van der Waals surface area contributed by atoms with Crippen molar-refractivity contribution in [3.05, 3.63) is 35.2 Å². The van der Waals surface area contributed by atoms with E-state index in [2.05, 4.69) is 40.3 Å². The molecule has 2 N–H and O–H groups in total. The molecule has 2 aromatic rings. The standard InChI is InChI=1S/C16H20N2OS/c19-16(18-13-7-8-13)6-3-9-17-10-12-11-20-15-5-2-1-4-14(12)15/h1-2,4-5,11,13,17H,3,6-10H2,(H,18,19). The topological polar surface area (TPSA) is 41.1 Å². The first-order valence-electron chi connectivity index (χ1n) is 7.28. The second-order valence-electron chi connectivity index (χ2n) is 5.38. The molecule has 1 aliphatic carbocycles. The van der Waals surface area contributed by atoms with Gasteiger partial charge in [-0.1, -0.05) is 18.2 Å². The third-order valence-electron chi connectivity index (χ3n) is 3.58. The van der Waals surface area contributed by atoms with Gasteiger partial charge in [-0.05, 0) is 48.2 Å². The lowest BCUT2D eigenvalue weighted by Gasteiger charge is -2.05. The van der Waals surface area contributed by atoms with Crippen LogP contribution in [0.25, 0.3) is 10.1 Å². The van der Waals surface area contributed by atoms with Gasteiger partial charge in [0.15, 0.2) is 0 Å². The van der Waals surface area contributed by atoms with Gasteiger partial charge in [-0.3, -0.25) is 4.79 Å². The number of benzene rings is 1. The molecule has 0 atom stereocenters. The maximum atomic E-state index is 11.5. The molecule has 0 radical (unpaired) electrons. The highest BCUT2D eigenvalue weighted by Gasteiger charge is 2.22. The smallest absolute Gasteiger partial charge is 0.220 e. The second-order valence-corrected chi connectivity index (χ2v) is 6.29. The second kappa shape index (κ2) is 6.37. The van der Waals surface area contributed by atoms with Crippen LogP contribution >= 0.6 is 11.3 Å². The van der Waals surface area contributed by atoms with Gasteiger partial charge in [-0.2, -0.15) is 0 Å². The summed E-state index contributed by atoms with van der Waals surface area (Å²) in [6.45, 7) is 1.77. The minimum atomic E-state index is 0.204. The molecule has 1 amide bonds. The first-order chi connectivity index (χ1) is 9.83. The molecule has 4 heteroatoms. The summed E-state index contributed by atoms with van der Waals surface area (Å²) >= 11 is 1.79. The van der Waals surface area contributed by atoms with E-state index in [1.54, 1.807) is 11.3 Å². The molecule has 1 aromatic carbocycles. The van der Waals surface area contributed by atoms with Gasteiger partial charge in [0.2, 0.25) is 5.91 Å². The first kappa shape index (κ1) is 13.6. The van der Waals surface area contributed by atoms with E-state index in [-0.39, 0.29) is 5.91 Å². The number of thiophene rings is 1. The molecule has 1 heterocycles. The lowest BCUT2D eigenvalue weighted by atomic mass is 10.2. The molecule has 1 saturated carbocycles. The van der Waals surface area contributed by atoms with E-state index in [0.29, 0.717) is 12.5 Å². The van der Waals surface area contributed by atoms with Crippen molar-refractivity contribution in [1.29, 1.82) is 0 Å². The van der Waals surface area contributed by atoms with Crippen molar-refractivity contribution in [2.24, 2.45) is 0 Å². The van der Waals surface area contributed by atoms with E-state index >= 15 is 0 Å². The van der Waals surface area contributed by atoms with Crippen LogP contribution in [0.5, 0.6) is 0 Å². The number of nitrogens with one attached hydrogen (secondary N) is 2. The Labute approximate surface area is 123 Å². The summed E-state index contributed by atoms with van der Waals surface area (Å²) in [7, 11) is 0. The summed E-state index contributed by atoms with van der Waals surface area (Å²) in [6, 6.07) is 8.97. The van der Waals surface area contributed by atoms with E-state index in [4.69, 9.17) is 0 Å². The zero-order chi connectivity index (χ0) is 13.8. The molecule has 1 aliphatic rings. The van der Waals surface area contributed by atoms with Crippen molar-refractivity contribution in [3.63, 3.8) is 0 Å². The quantitative estimate of drug-likeness (QED) is 0.769. The highest BCUT2D eigenvalue weighted by molar-refractivity contribution is 7.17. The molecule has 20 heavy (non-hydrogen) atoms. The maximum absolute atomic E-state index is 11.5. The average Bonchev–Trinajstić information content (AvgIpc) is 3.17. The Kier molecular flexibility index (Phi) is 4.33. The highest BCUT2D eigenvalue weighted by atomic mass is 32.1. The number of rotatable bonds is 7. The molecular weight excluding hydrogens is 268 g/mol. The van der Waals surface area contributed by atoms with Crippen LogP contribution in [-0.2, 0) is 11.3 Å². The SMILES string of the molecule is O=C(CCCNCc1csc2ccccc12)NC1CC1. The van der Waals surface area contributed by atoms with Gasteiger partial charge in [0, 0.05) is 23.7 Å². The predicted molar refractivity (Wildman–Crippen MR) is 83.9 cm³/mol. The fourth-order valence-corrected chi connectivity index (χ4v) is 3.26. The Hall–Kier alpha value is -1.39. The average molecular weight is 288 g/mol. The number of carbonyl (C=O) groups excluding carboxylic acids is 1.